The van der Waals surface area contributed by atoms with Crippen LogP contribution in [-0.4, -0.2) is 18.4 Å². The molecule has 0 spiro atoms. The number of ether oxygens (including phenoxy) is 1. The number of carbonyl (C=O) groups is 1. The second-order valence-electron chi connectivity index (χ2n) is 6.00. The van der Waals surface area contributed by atoms with Gasteiger partial charge in [0.1, 0.15) is 12.4 Å². The van der Waals surface area contributed by atoms with E-state index in [2.05, 4.69) is 10.3 Å². The summed E-state index contributed by atoms with van der Waals surface area (Å²) in [6.45, 7) is -0.00562. The molecule has 0 bridgehead atoms. The van der Waals surface area contributed by atoms with Crippen LogP contribution < -0.4 is 5.32 Å². The normalized spacial score (nSPS) is 11.4. The number of amidine groups is 1. The molecule has 0 aliphatic carbocycles. The summed E-state index contributed by atoms with van der Waals surface area (Å²) in [6, 6.07) is 24.1. The van der Waals surface area contributed by atoms with Crippen LogP contribution in [0.4, 0.5) is 11.4 Å². The molecule has 0 aliphatic heterocycles. The largest absolute Gasteiger partial charge is 0.454 e. The lowest BCUT2D eigenvalue weighted by molar-refractivity contribution is -0.136. The van der Waals surface area contributed by atoms with Gasteiger partial charge in [0.05, 0.1) is 15.7 Å². The molecule has 0 amide bonds. The smallest absolute Gasteiger partial charge is 0.331 e. The molecule has 29 heavy (non-hydrogen) atoms. The highest BCUT2D eigenvalue weighted by atomic mass is 35.5. The van der Waals surface area contributed by atoms with Crippen molar-refractivity contribution in [3.05, 3.63) is 101 Å². The van der Waals surface area contributed by atoms with E-state index in [1.165, 1.54) is 6.08 Å². The van der Waals surface area contributed by atoms with Gasteiger partial charge >= 0.3 is 5.97 Å². The molecule has 0 aliphatic rings. The first kappa shape index (κ1) is 20.6. The van der Waals surface area contributed by atoms with Gasteiger partial charge in [-0.25, -0.2) is 9.79 Å². The minimum Gasteiger partial charge on any atom is -0.454 e. The van der Waals surface area contributed by atoms with Crippen molar-refractivity contribution in [3.63, 3.8) is 0 Å². The Hall–Kier alpha value is -3.08. The average molecular weight is 425 g/mol. The van der Waals surface area contributed by atoms with Crippen LogP contribution in [-0.2, 0) is 9.53 Å². The fourth-order valence-corrected chi connectivity index (χ4v) is 2.72. The first-order valence-electron chi connectivity index (χ1n) is 8.85. The predicted octanol–water partition coefficient (Wildman–Crippen LogP) is 6.39. The molecule has 0 heterocycles. The zero-order valence-corrected chi connectivity index (χ0v) is 16.9. The zero-order chi connectivity index (χ0) is 20.5. The summed E-state index contributed by atoms with van der Waals surface area (Å²) in [5, 5.41) is 4.07. The number of rotatable bonds is 6. The van der Waals surface area contributed by atoms with Crippen LogP contribution in [0.3, 0.4) is 0 Å². The summed E-state index contributed by atoms with van der Waals surface area (Å²) < 4.78 is 5.35. The van der Waals surface area contributed by atoms with Crippen LogP contribution >= 0.6 is 23.2 Å². The van der Waals surface area contributed by atoms with Crippen LogP contribution in [0.2, 0.25) is 10.0 Å². The maximum absolute atomic E-state index is 12.1. The van der Waals surface area contributed by atoms with E-state index in [4.69, 9.17) is 27.9 Å². The topological polar surface area (TPSA) is 50.7 Å². The minimum atomic E-state index is -0.494. The van der Waals surface area contributed by atoms with Gasteiger partial charge in [-0.2, -0.15) is 0 Å². The first-order chi connectivity index (χ1) is 14.1. The van der Waals surface area contributed by atoms with Crippen LogP contribution in [0, 0.1) is 0 Å². The molecule has 0 aromatic heterocycles. The van der Waals surface area contributed by atoms with Crippen molar-refractivity contribution in [2.45, 2.75) is 0 Å². The number of halogens is 2. The Bertz CT molecular complexity index is 1020. The van der Waals surface area contributed by atoms with Gasteiger partial charge in [0.25, 0.3) is 0 Å². The van der Waals surface area contributed by atoms with E-state index in [9.17, 15) is 4.79 Å². The Balaban J connectivity index is 1.67. The fraction of sp³-hybridized carbons (Fsp3) is 0.0435. The van der Waals surface area contributed by atoms with Crippen molar-refractivity contribution in [1.82, 2.24) is 0 Å². The van der Waals surface area contributed by atoms with Crippen LogP contribution in [0.25, 0.3) is 6.08 Å². The van der Waals surface area contributed by atoms with E-state index in [0.717, 1.165) is 16.9 Å². The van der Waals surface area contributed by atoms with E-state index in [-0.39, 0.29) is 6.61 Å². The lowest BCUT2D eigenvalue weighted by Crippen LogP contribution is -2.20. The van der Waals surface area contributed by atoms with Gasteiger partial charge in [0.15, 0.2) is 0 Å². The van der Waals surface area contributed by atoms with Gasteiger partial charge in [0.2, 0.25) is 0 Å². The Kier molecular flexibility index (Phi) is 7.45. The summed E-state index contributed by atoms with van der Waals surface area (Å²) in [7, 11) is 0. The van der Waals surface area contributed by atoms with E-state index in [1.54, 1.807) is 24.3 Å². The molecule has 1 N–H and O–H groups in total. The Morgan fingerprint density at radius 2 is 1.62 bits per heavy atom. The predicted molar refractivity (Wildman–Crippen MR) is 120 cm³/mol. The summed E-state index contributed by atoms with van der Waals surface area (Å²) in [5.41, 5.74) is 2.36. The Labute approximate surface area is 179 Å². The van der Waals surface area contributed by atoms with E-state index < -0.39 is 5.97 Å². The van der Waals surface area contributed by atoms with Crippen LogP contribution in [0.15, 0.2) is 89.9 Å². The minimum absolute atomic E-state index is 0.00562. The molecule has 3 aromatic rings. The number of para-hydroxylation sites is 2. The second-order valence-corrected chi connectivity index (χ2v) is 6.81. The lowest BCUT2D eigenvalue weighted by Gasteiger charge is -2.10. The third-order valence-electron chi connectivity index (χ3n) is 3.79. The standard InChI is InChI=1S/C23H18Cl2N2O2/c24-20-13-11-17(15-21(20)25)12-14-23(28)29-16-22(26-18-7-3-1-4-8-18)27-19-9-5-2-6-10-19/h1-15H,16H2,(H,26,27)/b14-12+. The van der Waals surface area contributed by atoms with Crippen LogP contribution in [0.1, 0.15) is 5.56 Å². The molecule has 0 fully saturated rings. The zero-order valence-electron chi connectivity index (χ0n) is 15.4. The van der Waals surface area contributed by atoms with E-state index in [0.29, 0.717) is 15.9 Å². The van der Waals surface area contributed by atoms with Gasteiger partial charge in [0, 0.05) is 11.8 Å². The SMILES string of the molecule is O=C(/C=C/c1ccc(Cl)c(Cl)c1)OCC(=Nc1ccccc1)Nc1ccccc1. The van der Waals surface area contributed by atoms with Crippen LogP contribution in [0.5, 0.6) is 0 Å². The highest BCUT2D eigenvalue weighted by Crippen LogP contribution is 2.23. The molecule has 0 atom stereocenters. The summed E-state index contributed by atoms with van der Waals surface area (Å²) >= 11 is 11.9. The summed E-state index contributed by atoms with van der Waals surface area (Å²) in [4.78, 5) is 16.7. The van der Waals surface area contributed by atoms with Gasteiger partial charge in [-0.3, -0.25) is 0 Å². The monoisotopic (exact) mass is 424 g/mol. The van der Waals surface area contributed by atoms with Crippen molar-refractivity contribution >= 4 is 52.5 Å². The highest BCUT2D eigenvalue weighted by Gasteiger charge is 2.06. The highest BCUT2D eigenvalue weighted by molar-refractivity contribution is 6.42. The molecule has 6 heteroatoms. The number of esters is 1. The number of hydrogen-bond donors (Lipinski definition) is 1. The molecule has 0 radical (unpaired) electrons. The Morgan fingerprint density at radius 1 is 0.931 bits per heavy atom. The quantitative estimate of drug-likeness (QED) is 0.215. The number of nitrogens with one attached hydrogen (secondary N) is 1. The van der Waals surface area contributed by atoms with Gasteiger partial charge in [-0.1, -0.05) is 65.7 Å². The summed E-state index contributed by atoms with van der Waals surface area (Å²) in [6.07, 6.45) is 2.95. The molecule has 4 nitrogen and oxygen atoms in total. The van der Waals surface area contributed by atoms with Crippen molar-refractivity contribution in [2.75, 3.05) is 11.9 Å². The summed E-state index contributed by atoms with van der Waals surface area (Å²) in [5.74, 6) is 0.0189. The number of carbonyl (C=O) groups excluding carboxylic acids is 1. The molecule has 3 aromatic carbocycles. The van der Waals surface area contributed by atoms with Gasteiger partial charge < -0.3 is 10.1 Å². The van der Waals surface area contributed by atoms with Crippen molar-refractivity contribution in [2.24, 2.45) is 4.99 Å². The van der Waals surface area contributed by atoms with E-state index >= 15 is 0 Å². The molecule has 0 saturated carbocycles. The lowest BCUT2D eigenvalue weighted by atomic mass is 10.2. The van der Waals surface area contributed by atoms with E-state index in [1.807, 2.05) is 60.7 Å². The molecular formula is C23H18Cl2N2O2. The van der Waals surface area contributed by atoms with Crippen molar-refractivity contribution < 1.29 is 9.53 Å². The molecule has 3 rings (SSSR count). The van der Waals surface area contributed by atoms with Crippen molar-refractivity contribution in [3.8, 4) is 0 Å². The number of benzene rings is 3. The number of hydrogen-bond acceptors (Lipinski definition) is 3. The molecular weight excluding hydrogens is 407 g/mol. The van der Waals surface area contributed by atoms with Gasteiger partial charge in [-0.05, 0) is 48.0 Å². The second kappa shape index (κ2) is 10.5. The number of nitrogens with zero attached hydrogens (tertiary/aromatic N) is 1. The number of aliphatic imine (C=N–C) groups is 1. The average Bonchev–Trinajstić information content (AvgIpc) is 2.74. The number of anilines is 1. The first-order valence-corrected chi connectivity index (χ1v) is 9.60. The maximum Gasteiger partial charge on any atom is 0.331 e. The van der Waals surface area contributed by atoms with Gasteiger partial charge in [-0.15, -0.1) is 0 Å². The molecule has 0 unspecified atom stereocenters. The maximum atomic E-state index is 12.1. The van der Waals surface area contributed by atoms with Crippen molar-refractivity contribution in [1.29, 1.82) is 0 Å². The molecule has 0 saturated heterocycles. The third-order valence-corrected chi connectivity index (χ3v) is 4.53. The third kappa shape index (κ3) is 6.79. The molecule has 146 valence electrons. The Morgan fingerprint density at radius 3 is 2.31 bits per heavy atom. The fourth-order valence-electron chi connectivity index (χ4n) is 2.41.